The van der Waals surface area contributed by atoms with Gasteiger partial charge >= 0.3 is 0 Å². The number of hydrogen-bond acceptors (Lipinski definition) is 3. The zero-order valence-corrected chi connectivity index (χ0v) is 12.6. The van der Waals surface area contributed by atoms with Gasteiger partial charge in [-0.1, -0.05) is 18.2 Å². The van der Waals surface area contributed by atoms with Crippen LogP contribution in [0, 0.1) is 5.82 Å². The van der Waals surface area contributed by atoms with Crippen molar-refractivity contribution in [2.75, 3.05) is 5.75 Å². The van der Waals surface area contributed by atoms with Crippen LogP contribution in [-0.2, 0) is 10.5 Å². The quantitative estimate of drug-likeness (QED) is 0.890. The molecule has 5 heteroatoms. The van der Waals surface area contributed by atoms with E-state index in [4.69, 9.17) is 0 Å². The molecule has 0 saturated heterocycles. The van der Waals surface area contributed by atoms with E-state index >= 15 is 0 Å². The van der Waals surface area contributed by atoms with Crippen LogP contribution in [0.5, 0.6) is 0 Å². The number of amides is 1. The first-order chi connectivity index (χ1) is 10.2. The zero-order valence-electron chi connectivity index (χ0n) is 11.8. The fourth-order valence-electron chi connectivity index (χ4n) is 1.93. The van der Waals surface area contributed by atoms with Crippen molar-refractivity contribution in [3.8, 4) is 0 Å². The van der Waals surface area contributed by atoms with Crippen molar-refractivity contribution in [2.24, 2.45) is 0 Å². The fraction of sp³-hybridized carbons (Fsp3) is 0.250. The summed E-state index contributed by atoms with van der Waals surface area (Å²) in [6.45, 7) is 1.78. The lowest BCUT2D eigenvalue weighted by Gasteiger charge is -2.14. The Morgan fingerprint density at radius 1 is 1.29 bits per heavy atom. The van der Waals surface area contributed by atoms with Crippen molar-refractivity contribution in [2.45, 2.75) is 18.7 Å². The summed E-state index contributed by atoms with van der Waals surface area (Å²) in [5, 5.41) is 2.81. The summed E-state index contributed by atoms with van der Waals surface area (Å²) in [5.41, 5.74) is 1.63. The van der Waals surface area contributed by atoms with Gasteiger partial charge in [-0.25, -0.2) is 4.39 Å². The first kappa shape index (κ1) is 15.5. The average molecular weight is 304 g/mol. The second kappa shape index (κ2) is 7.78. The molecular weight excluding hydrogens is 287 g/mol. The van der Waals surface area contributed by atoms with E-state index in [1.54, 1.807) is 37.5 Å². The van der Waals surface area contributed by atoms with Crippen LogP contribution >= 0.6 is 11.8 Å². The second-order valence-corrected chi connectivity index (χ2v) is 5.64. The standard InChI is InChI=1S/C16H17FN2OS/c1-12(14-4-2-3-5-15(14)17)19-16(20)11-21-10-13-6-8-18-9-7-13/h2-9,12H,10-11H2,1H3,(H,19,20)/t12-/m0/s1. The monoisotopic (exact) mass is 304 g/mol. The van der Waals surface area contributed by atoms with Crippen molar-refractivity contribution in [3.63, 3.8) is 0 Å². The van der Waals surface area contributed by atoms with Crippen LogP contribution in [0.1, 0.15) is 24.1 Å². The van der Waals surface area contributed by atoms with Crippen LogP contribution in [0.15, 0.2) is 48.8 Å². The van der Waals surface area contributed by atoms with Crippen LogP contribution in [0.25, 0.3) is 0 Å². The topological polar surface area (TPSA) is 42.0 Å². The summed E-state index contributed by atoms with van der Waals surface area (Å²) >= 11 is 1.52. The minimum Gasteiger partial charge on any atom is -0.349 e. The van der Waals surface area contributed by atoms with Crippen LogP contribution < -0.4 is 5.32 Å². The highest BCUT2D eigenvalue weighted by atomic mass is 32.2. The van der Waals surface area contributed by atoms with E-state index in [1.165, 1.54) is 17.8 Å². The van der Waals surface area contributed by atoms with Gasteiger partial charge in [-0.3, -0.25) is 9.78 Å². The third-order valence-electron chi connectivity index (χ3n) is 3.00. The highest BCUT2D eigenvalue weighted by Gasteiger charge is 2.12. The van der Waals surface area contributed by atoms with E-state index in [-0.39, 0.29) is 17.8 Å². The van der Waals surface area contributed by atoms with Crippen molar-refractivity contribution in [1.82, 2.24) is 10.3 Å². The Balaban J connectivity index is 1.78. The first-order valence-electron chi connectivity index (χ1n) is 6.67. The van der Waals surface area contributed by atoms with E-state index < -0.39 is 0 Å². The molecule has 1 aromatic heterocycles. The lowest BCUT2D eigenvalue weighted by atomic mass is 10.1. The van der Waals surface area contributed by atoms with Gasteiger partial charge in [-0.05, 0) is 30.7 Å². The number of benzene rings is 1. The van der Waals surface area contributed by atoms with Crippen molar-refractivity contribution in [3.05, 3.63) is 65.7 Å². The van der Waals surface area contributed by atoms with Gasteiger partial charge in [-0.2, -0.15) is 0 Å². The van der Waals surface area contributed by atoms with Gasteiger partial charge in [0, 0.05) is 23.7 Å². The molecule has 110 valence electrons. The van der Waals surface area contributed by atoms with E-state index in [2.05, 4.69) is 10.3 Å². The maximum absolute atomic E-state index is 13.6. The molecule has 1 atom stereocenters. The molecule has 0 aliphatic heterocycles. The normalized spacial score (nSPS) is 11.9. The Kier molecular flexibility index (Phi) is 5.75. The fourth-order valence-corrected chi connectivity index (χ4v) is 2.73. The number of hydrogen-bond donors (Lipinski definition) is 1. The van der Waals surface area contributed by atoms with Crippen LogP contribution in [0.4, 0.5) is 4.39 Å². The molecule has 0 aliphatic carbocycles. The molecule has 0 unspecified atom stereocenters. The number of rotatable bonds is 6. The van der Waals surface area contributed by atoms with Gasteiger partial charge < -0.3 is 5.32 Å². The molecule has 0 bridgehead atoms. The predicted molar refractivity (Wildman–Crippen MR) is 83.4 cm³/mol. The summed E-state index contributed by atoms with van der Waals surface area (Å²) in [7, 11) is 0. The summed E-state index contributed by atoms with van der Waals surface area (Å²) in [4.78, 5) is 15.8. The molecule has 1 heterocycles. The van der Waals surface area contributed by atoms with Gasteiger partial charge in [0.25, 0.3) is 0 Å². The number of pyridine rings is 1. The summed E-state index contributed by atoms with van der Waals surface area (Å²) in [6, 6.07) is 10.00. The molecule has 1 aromatic carbocycles. The maximum Gasteiger partial charge on any atom is 0.230 e. The summed E-state index contributed by atoms with van der Waals surface area (Å²) < 4.78 is 13.6. The predicted octanol–water partition coefficient (Wildman–Crippen LogP) is 3.33. The molecule has 0 radical (unpaired) electrons. The maximum atomic E-state index is 13.6. The van der Waals surface area contributed by atoms with Crippen LogP contribution in [-0.4, -0.2) is 16.6 Å². The van der Waals surface area contributed by atoms with E-state index in [0.717, 1.165) is 11.3 Å². The average Bonchev–Trinajstić information content (AvgIpc) is 2.48. The van der Waals surface area contributed by atoms with Crippen LogP contribution in [0.2, 0.25) is 0 Å². The molecule has 0 aliphatic rings. The molecule has 2 aromatic rings. The Labute approximate surface area is 128 Å². The SMILES string of the molecule is C[C@H](NC(=O)CSCc1ccncc1)c1ccccc1F. The van der Waals surface area contributed by atoms with Gasteiger partial charge in [0.05, 0.1) is 11.8 Å². The minimum absolute atomic E-state index is 0.0928. The van der Waals surface area contributed by atoms with E-state index in [1.807, 2.05) is 12.1 Å². The van der Waals surface area contributed by atoms with Crippen LogP contribution in [0.3, 0.4) is 0 Å². The van der Waals surface area contributed by atoms with E-state index in [9.17, 15) is 9.18 Å². The lowest BCUT2D eigenvalue weighted by molar-refractivity contribution is -0.119. The molecule has 0 spiro atoms. The Morgan fingerprint density at radius 2 is 2.00 bits per heavy atom. The third kappa shape index (κ3) is 4.86. The number of nitrogens with one attached hydrogen (secondary N) is 1. The van der Waals surface area contributed by atoms with Gasteiger partial charge in [0.1, 0.15) is 5.82 Å². The van der Waals surface area contributed by atoms with Crippen molar-refractivity contribution < 1.29 is 9.18 Å². The van der Waals surface area contributed by atoms with Gasteiger partial charge in [0.2, 0.25) is 5.91 Å². The number of halogens is 1. The third-order valence-corrected chi connectivity index (χ3v) is 4.00. The highest BCUT2D eigenvalue weighted by Crippen LogP contribution is 2.16. The molecular formula is C16H17FN2OS. The second-order valence-electron chi connectivity index (χ2n) is 4.66. The molecule has 0 saturated carbocycles. The molecule has 2 rings (SSSR count). The molecule has 0 fully saturated rings. The summed E-state index contributed by atoms with van der Waals surface area (Å²) in [5.74, 6) is 0.713. The molecule has 21 heavy (non-hydrogen) atoms. The Bertz CT molecular complexity index is 592. The van der Waals surface area contributed by atoms with Gasteiger partial charge in [-0.15, -0.1) is 11.8 Å². The first-order valence-corrected chi connectivity index (χ1v) is 7.82. The van der Waals surface area contributed by atoms with Crippen molar-refractivity contribution >= 4 is 17.7 Å². The van der Waals surface area contributed by atoms with Crippen molar-refractivity contribution in [1.29, 1.82) is 0 Å². The molecule has 1 N–H and O–H groups in total. The minimum atomic E-state index is -0.333. The number of carbonyl (C=O) groups excluding carboxylic acids is 1. The number of aromatic nitrogens is 1. The largest absolute Gasteiger partial charge is 0.349 e. The summed E-state index contributed by atoms with van der Waals surface area (Å²) in [6.07, 6.45) is 3.46. The molecule has 3 nitrogen and oxygen atoms in total. The van der Waals surface area contributed by atoms with Gasteiger partial charge in [0.15, 0.2) is 0 Å². The highest BCUT2D eigenvalue weighted by molar-refractivity contribution is 7.99. The zero-order chi connectivity index (χ0) is 15.1. The Morgan fingerprint density at radius 3 is 2.71 bits per heavy atom. The number of carbonyl (C=O) groups is 1. The number of nitrogens with zero attached hydrogens (tertiary/aromatic N) is 1. The molecule has 1 amide bonds. The Hall–Kier alpha value is -1.88. The smallest absolute Gasteiger partial charge is 0.230 e. The number of thioether (sulfide) groups is 1. The lowest BCUT2D eigenvalue weighted by Crippen LogP contribution is -2.28. The van der Waals surface area contributed by atoms with E-state index in [0.29, 0.717) is 11.3 Å².